The minimum Gasteiger partial charge on any atom is -0.381 e. The van der Waals surface area contributed by atoms with E-state index in [0.29, 0.717) is 43.5 Å². The van der Waals surface area contributed by atoms with Crippen molar-refractivity contribution >= 4 is 16.8 Å². The number of aromatic nitrogens is 1. The number of benzene rings is 2. The highest BCUT2D eigenvalue weighted by Crippen LogP contribution is 2.45. The van der Waals surface area contributed by atoms with Crippen molar-refractivity contribution in [3.63, 3.8) is 0 Å². The molecule has 3 saturated heterocycles. The molecule has 2 bridgehead atoms. The lowest BCUT2D eigenvalue weighted by Gasteiger charge is -2.46. The third kappa shape index (κ3) is 4.35. The minimum atomic E-state index is -0.439. The average molecular weight is 473 g/mol. The van der Waals surface area contributed by atoms with Gasteiger partial charge < -0.3 is 9.64 Å². The van der Waals surface area contributed by atoms with Crippen LogP contribution in [0.4, 0.5) is 4.39 Å². The number of pyridine rings is 1. The fraction of sp³-hybridized carbons (Fsp3) is 0.467. The van der Waals surface area contributed by atoms with Crippen LogP contribution in [0.1, 0.15) is 49.7 Å². The Labute approximate surface area is 206 Å². The first-order valence-corrected chi connectivity index (χ1v) is 13.1. The highest BCUT2D eigenvalue weighted by atomic mass is 19.1. The van der Waals surface area contributed by atoms with Gasteiger partial charge in [-0.2, -0.15) is 0 Å². The molecule has 0 aliphatic carbocycles. The predicted molar refractivity (Wildman–Crippen MR) is 134 cm³/mol. The molecule has 6 rings (SSSR count). The van der Waals surface area contributed by atoms with Crippen LogP contribution in [-0.2, 0) is 22.4 Å². The smallest absolute Gasteiger partial charge is 0.229 e. The van der Waals surface area contributed by atoms with Crippen LogP contribution in [0.15, 0.2) is 60.8 Å². The summed E-state index contributed by atoms with van der Waals surface area (Å²) in [4.78, 5) is 21.0. The van der Waals surface area contributed by atoms with E-state index in [4.69, 9.17) is 4.74 Å². The number of nitrogens with zero attached hydrogens (tertiary/aromatic N) is 2. The zero-order chi connectivity index (χ0) is 23.8. The van der Waals surface area contributed by atoms with Crippen molar-refractivity contribution in [2.24, 2.45) is 11.3 Å². The van der Waals surface area contributed by atoms with Gasteiger partial charge >= 0.3 is 0 Å². The van der Waals surface area contributed by atoms with Crippen LogP contribution in [0.5, 0.6) is 0 Å². The molecule has 3 aliphatic rings. The van der Waals surface area contributed by atoms with Gasteiger partial charge in [-0.15, -0.1) is 0 Å². The Morgan fingerprint density at radius 2 is 1.74 bits per heavy atom. The summed E-state index contributed by atoms with van der Waals surface area (Å²) >= 11 is 0. The van der Waals surface area contributed by atoms with Crippen LogP contribution in [0.25, 0.3) is 10.9 Å². The number of amides is 1. The highest BCUT2D eigenvalue weighted by Gasteiger charge is 2.50. The standard InChI is InChI=1S/C30H33FN2O2/c31-24-8-6-21(7-9-24)20-30(12-15-35-16-13-30)29(34)33-25-10-11-26(33)19-22(18-25)17-23-3-1-5-28-27(23)4-2-14-32-28/h1-9,14,22,25-26H,10-13,15-20H2/t25-,26-/m0/s1. The van der Waals surface area contributed by atoms with E-state index in [1.807, 2.05) is 24.4 Å². The number of halogens is 1. The number of piperidine rings is 1. The van der Waals surface area contributed by atoms with Gasteiger partial charge in [0.05, 0.1) is 10.9 Å². The first-order valence-electron chi connectivity index (χ1n) is 13.1. The van der Waals surface area contributed by atoms with Crippen LogP contribution in [0.2, 0.25) is 0 Å². The van der Waals surface area contributed by atoms with Crippen LogP contribution in [-0.4, -0.2) is 41.1 Å². The summed E-state index contributed by atoms with van der Waals surface area (Å²) in [5.41, 5.74) is 3.03. The summed E-state index contributed by atoms with van der Waals surface area (Å²) in [6.45, 7) is 1.24. The van der Waals surface area contributed by atoms with E-state index in [-0.39, 0.29) is 5.82 Å². The van der Waals surface area contributed by atoms with E-state index in [9.17, 15) is 9.18 Å². The molecule has 2 atom stereocenters. The summed E-state index contributed by atoms with van der Waals surface area (Å²) in [5, 5.41) is 1.25. The van der Waals surface area contributed by atoms with Crippen LogP contribution >= 0.6 is 0 Å². The lowest BCUT2D eigenvalue weighted by Crippen LogP contribution is -2.55. The molecule has 35 heavy (non-hydrogen) atoms. The molecule has 2 aromatic carbocycles. The second-order valence-corrected chi connectivity index (χ2v) is 10.8. The summed E-state index contributed by atoms with van der Waals surface area (Å²) in [5.74, 6) is 0.665. The summed E-state index contributed by atoms with van der Waals surface area (Å²) in [6, 6.07) is 18.0. The van der Waals surface area contributed by atoms with Gasteiger partial charge in [0.2, 0.25) is 5.91 Å². The Balaban J connectivity index is 1.21. The molecular weight excluding hydrogens is 439 g/mol. The van der Waals surface area contributed by atoms with Gasteiger partial charge in [0, 0.05) is 36.9 Å². The molecule has 0 saturated carbocycles. The first-order chi connectivity index (χ1) is 17.1. The molecule has 4 heterocycles. The molecule has 182 valence electrons. The summed E-state index contributed by atoms with van der Waals surface area (Å²) in [7, 11) is 0. The number of carbonyl (C=O) groups is 1. The van der Waals surface area contributed by atoms with E-state index < -0.39 is 5.41 Å². The van der Waals surface area contributed by atoms with Crippen LogP contribution in [0, 0.1) is 17.2 Å². The summed E-state index contributed by atoms with van der Waals surface area (Å²) < 4.78 is 19.2. The predicted octanol–water partition coefficient (Wildman–Crippen LogP) is 5.73. The molecule has 0 N–H and O–H groups in total. The maximum Gasteiger partial charge on any atom is 0.229 e. The Morgan fingerprint density at radius 1 is 1.00 bits per heavy atom. The number of carbonyl (C=O) groups excluding carboxylic acids is 1. The number of ether oxygens (including phenoxy) is 1. The molecular formula is C30H33FN2O2. The summed E-state index contributed by atoms with van der Waals surface area (Å²) in [6.07, 6.45) is 9.40. The Bertz CT molecular complexity index is 1190. The van der Waals surface area contributed by atoms with Gasteiger partial charge in [0.15, 0.2) is 0 Å². The fourth-order valence-electron chi connectivity index (χ4n) is 6.94. The maximum atomic E-state index is 14.2. The maximum absolute atomic E-state index is 14.2. The monoisotopic (exact) mass is 472 g/mol. The van der Waals surface area contributed by atoms with Gasteiger partial charge in [0.1, 0.15) is 5.82 Å². The van der Waals surface area contributed by atoms with Gasteiger partial charge in [-0.25, -0.2) is 4.39 Å². The fourth-order valence-corrected chi connectivity index (χ4v) is 6.94. The minimum absolute atomic E-state index is 0.233. The van der Waals surface area contributed by atoms with E-state index in [0.717, 1.165) is 56.0 Å². The molecule has 4 nitrogen and oxygen atoms in total. The Hall–Kier alpha value is -2.79. The van der Waals surface area contributed by atoms with Gasteiger partial charge in [-0.3, -0.25) is 9.78 Å². The van der Waals surface area contributed by atoms with Crippen LogP contribution in [0.3, 0.4) is 0 Å². The van der Waals surface area contributed by atoms with Crippen molar-refractivity contribution in [2.75, 3.05) is 13.2 Å². The first kappa shape index (κ1) is 22.7. The lowest BCUT2D eigenvalue weighted by atomic mass is 9.73. The molecule has 0 radical (unpaired) electrons. The van der Waals surface area contributed by atoms with E-state index >= 15 is 0 Å². The zero-order valence-corrected chi connectivity index (χ0v) is 20.2. The zero-order valence-electron chi connectivity index (χ0n) is 20.2. The normalized spacial score (nSPS) is 25.6. The van der Waals surface area contributed by atoms with Gasteiger partial charge in [-0.1, -0.05) is 30.3 Å². The van der Waals surface area contributed by atoms with Crippen molar-refractivity contribution in [3.05, 3.63) is 77.7 Å². The molecule has 1 amide bonds. The molecule has 5 heteroatoms. The second kappa shape index (κ2) is 9.34. The average Bonchev–Trinajstić information content (AvgIpc) is 3.15. The SMILES string of the molecule is O=C(N1[C@H]2CC[C@H]1CC(Cc1cccc3ncccc13)C2)C1(Cc2ccc(F)cc2)CCOCC1. The van der Waals surface area contributed by atoms with E-state index in [1.54, 1.807) is 0 Å². The van der Waals surface area contributed by atoms with Gasteiger partial charge in [0.25, 0.3) is 0 Å². The highest BCUT2D eigenvalue weighted by molar-refractivity contribution is 5.84. The van der Waals surface area contributed by atoms with E-state index in [1.165, 1.54) is 23.1 Å². The number of hydrogen-bond acceptors (Lipinski definition) is 3. The van der Waals surface area contributed by atoms with Crippen molar-refractivity contribution in [1.29, 1.82) is 0 Å². The number of hydrogen-bond donors (Lipinski definition) is 0. The van der Waals surface area contributed by atoms with E-state index in [2.05, 4.69) is 34.1 Å². The van der Waals surface area contributed by atoms with Crippen molar-refractivity contribution < 1.29 is 13.9 Å². The third-order valence-electron chi connectivity index (χ3n) is 8.67. The molecule has 3 aromatic rings. The topological polar surface area (TPSA) is 42.4 Å². The number of rotatable bonds is 5. The van der Waals surface area contributed by atoms with Gasteiger partial charge in [-0.05, 0) is 92.7 Å². The molecule has 3 fully saturated rings. The third-order valence-corrected chi connectivity index (χ3v) is 8.67. The second-order valence-electron chi connectivity index (χ2n) is 10.8. The Morgan fingerprint density at radius 3 is 2.49 bits per heavy atom. The molecule has 3 aliphatic heterocycles. The lowest BCUT2D eigenvalue weighted by molar-refractivity contribution is -0.153. The molecule has 0 unspecified atom stereocenters. The van der Waals surface area contributed by atoms with Crippen molar-refractivity contribution in [3.8, 4) is 0 Å². The number of fused-ring (bicyclic) bond motifs is 3. The largest absolute Gasteiger partial charge is 0.381 e. The molecule has 1 aromatic heterocycles. The molecule has 0 spiro atoms. The van der Waals surface area contributed by atoms with Crippen LogP contribution < -0.4 is 0 Å². The quantitative estimate of drug-likeness (QED) is 0.477. The van der Waals surface area contributed by atoms with Crippen molar-refractivity contribution in [2.45, 2.75) is 63.5 Å². The Kier molecular flexibility index (Phi) is 6.05. The van der Waals surface area contributed by atoms with Crippen molar-refractivity contribution in [1.82, 2.24) is 9.88 Å².